The quantitative estimate of drug-likeness (QED) is 0.546. The van der Waals surface area contributed by atoms with Crippen LogP contribution in [0, 0.1) is 34.5 Å². The van der Waals surface area contributed by atoms with Crippen LogP contribution in [0.1, 0.15) is 79.6 Å². The van der Waals surface area contributed by atoms with Gasteiger partial charge in [0.05, 0.1) is 24.4 Å². The summed E-state index contributed by atoms with van der Waals surface area (Å²) in [5.74, 6) is 1.03. The second-order valence-corrected chi connectivity index (χ2v) is 18.1. The summed E-state index contributed by atoms with van der Waals surface area (Å²) < 4.78 is 6.99. The monoisotopic (exact) mass is 438 g/mol. The van der Waals surface area contributed by atoms with Crippen molar-refractivity contribution in [2.24, 2.45) is 34.5 Å². The maximum atomic E-state index is 11.4. The third-order valence-corrected chi connectivity index (χ3v) is 15.4. The zero-order valence-electron chi connectivity index (χ0n) is 20.3. The molecule has 5 heteroatoms. The molecule has 0 aromatic carbocycles. The van der Waals surface area contributed by atoms with Gasteiger partial charge in [0.1, 0.15) is 0 Å². The summed E-state index contributed by atoms with van der Waals surface area (Å²) in [7, 11) is -1.86. The molecule has 0 aromatic heterocycles. The molecule has 30 heavy (non-hydrogen) atoms. The molecule has 0 bridgehead atoms. The Kier molecular flexibility index (Phi) is 5.63. The zero-order chi connectivity index (χ0) is 22.3. The van der Waals surface area contributed by atoms with E-state index in [-0.39, 0.29) is 39.9 Å². The molecule has 4 unspecified atom stereocenters. The third kappa shape index (κ3) is 3.29. The molecular weight excluding hydrogens is 392 g/mol. The maximum absolute atomic E-state index is 11.4. The van der Waals surface area contributed by atoms with Gasteiger partial charge in [-0.05, 0) is 97.6 Å². The van der Waals surface area contributed by atoms with Crippen LogP contribution < -0.4 is 0 Å². The topological polar surface area (TPSA) is 69.9 Å². The molecule has 0 aromatic rings. The molecule has 10 atom stereocenters. The van der Waals surface area contributed by atoms with Crippen LogP contribution in [0.15, 0.2) is 0 Å². The van der Waals surface area contributed by atoms with Crippen molar-refractivity contribution in [1.29, 1.82) is 0 Å². The van der Waals surface area contributed by atoms with E-state index >= 15 is 0 Å². The van der Waals surface area contributed by atoms with Crippen LogP contribution in [0.4, 0.5) is 0 Å². The minimum absolute atomic E-state index is 0.0162. The van der Waals surface area contributed by atoms with Gasteiger partial charge in [-0.25, -0.2) is 0 Å². The van der Waals surface area contributed by atoms with E-state index in [1.165, 1.54) is 0 Å². The highest BCUT2D eigenvalue weighted by molar-refractivity contribution is 6.74. The molecule has 4 aliphatic carbocycles. The van der Waals surface area contributed by atoms with Crippen molar-refractivity contribution in [3.8, 4) is 0 Å². The van der Waals surface area contributed by atoms with Crippen molar-refractivity contribution in [1.82, 2.24) is 0 Å². The fourth-order valence-corrected chi connectivity index (χ4v) is 9.37. The molecular formula is C25H46O4Si. The fourth-order valence-electron chi connectivity index (χ4n) is 7.92. The standard InChI is InChI=1S/C25H46O4Si/c1-23(2,3)30(6,7)29-19-9-8-16-20-17(11-13-25(16,19)5)24(4)12-10-15(26)14-18(24)21(27)22(20)28/h15-22,26-28H,8-14H2,1-7H3/t15-,16?,17?,18?,19-,20?,21+,22+,24+,25-/m0/s1. The maximum Gasteiger partial charge on any atom is 0.192 e. The van der Waals surface area contributed by atoms with Gasteiger partial charge < -0.3 is 19.7 Å². The van der Waals surface area contributed by atoms with Crippen LogP contribution in [-0.2, 0) is 4.43 Å². The Balaban J connectivity index is 1.62. The minimum Gasteiger partial charge on any atom is -0.413 e. The van der Waals surface area contributed by atoms with Gasteiger partial charge in [0.25, 0.3) is 0 Å². The molecule has 0 radical (unpaired) electrons. The van der Waals surface area contributed by atoms with Crippen molar-refractivity contribution >= 4 is 8.32 Å². The van der Waals surface area contributed by atoms with Gasteiger partial charge in [-0.1, -0.05) is 34.6 Å². The lowest BCUT2D eigenvalue weighted by Gasteiger charge is -2.63. The minimum atomic E-state index is -1.86. The predicted octanol–water partition coefficient (Wildman–Crippen LogP) is 4.72. The van der Waals surface area contributed by atoms with Crippen molar-refractivity contribution in [3.63, 3.8) is 0 Å². The van der Waals surface area contributed by atoms with Gasteiger partial charge >= 0.3 is 0 Å². The number of aliphatic hydroxyl groups excluding tert-OH is 3. The van der Waals surface area contributed by atoms with Crippen molar-refractivity contribution in [3.05, 3.63) is 0 Å². The average Bonchev–Trinajstić information content (AvgIpc) is 2.96. The first-order valence-electron chi connectivity index (χ1n) is 12.4. The molecule has 4 nitrogen and oxygen atoms in total. The fraction of sp³-hybridized carbons (Fsp3) is 1.00. The van der Waals surface area contributed by atoms with E-state index in [2.05, 4.69) is 47.7 Å². The second kappa shape index (κ2) is 7.28. The Morgan fingerprint density at radius 1 is 0.800 bits per heavy atom. The highest BCUT2D eigenvalue weighted by Crippen LogP contribution is 2.67. The Morgan fingerprint density at radius 3 is 2.03 bits per heavy atom. The van der Waals surface area contributed by atoms with Crippen molar-refractivity contribution < 1.29 is 19.7 Å². The highest BCUT2D eigenvalue weighted by Gasteiger charge is 2.65. The summed E-state index contributed by atoms with van der Waals surface area (Å²) in [6.07, 6.45) is 5.45. The van der Waals surface area contributed by atoms with E-state index in [1.54, 1.807) is 0 Å². The summed E-state index contributed by atoms with van der Waals surface area (Å²) in [4.78, 5) is 0. The van der Waals surface area contributed by atoms with Gasteiger partial charge in [-0.15, -0.1) is 0 Å². The first kappa shape index (κ1) is 23.2. The largest absolute Gasteiger partial charge is 0.413 e. The number of fused-ring (bicyclic) bond motifs is 5. The lowest BCUT2D eigenvalue weighted by atomic mass is 9.43. The van der Waals surface area contributed by atoms with E-state index in [0.29, 0.717) is 18.3 Å². The molecule has 0 aliphatic heterocycles. The van der Waals surface area contributed by atoms with Gasteiger partial charge in [-0.2, -0.15) is 0 Å². The normalized spacial score (nSPS) is 51.8. The number of aliphatic hydroxyl groups is 3. The smallest absolute Gasteiger partial charge is 0.192 e. The Morgan fingerprint density at radius 2 is 1.40 bits per heavy atom. The van der Waals surface area contributed by atoms with Gasteiger partial charge in [-0.3, -0.25) is 0 Å². The van der Waals surface area contributed by atoms with Crippen LogP contribution in [0.5, 0.6) is 0 Å². The van der Waals surface area contributed by atoms with Crippen LogP contribution >= 0.6 is 0 Å². The van der Waals surface area contributed by atoms with E-state index in [0.717, 1.165) is 38.5 Å². The molecule has 0 saturated heterocycles. The number of hydrogen-bond acceptors (Lipinski definition) is 4. The molecule has 4 fully saturated rings. The van der Waals surface area contributed by atoms with Crippen LogP contribution in [0.2, 0.25) is 18.1 Å². The lowest BCUT2D eigenvalue weighted by Crippen LogP contribution is -2.64. The Labute approximate surface area is 184 Å². The first-order chi connectivity index (χ1) is 13.7. The molecule has 0 spiro atoms. The third-order valence-electron chi connectivity index (χ3n) is 10.9. The van der Waals surface area contributed by atoms with Gasteiger partial charge in [0, 0.05) is 0 Å². The van der Waals surface area contributed by atoms with E-state index < -0.39 is 20.5 Å². The van der Waals surface area contributed by atoms with Crippen LogP contribution in [-0.4, -0.2) is 48.1 Å². The van der Waals surface area contributed by atoms with E-state index in [9.17, 15) is 15.3 Å². The van der Waals surface area contributed by atoms with E-state index in [4.69, 9.17) is 4.43 Å². The molecule has 3 N–H and O–H groups in total. The summed E-state index contributed by atoms with van der Waals surface area (Å²) in [5, 5.41) is 33.0. The first-order valence-corrected chi connectivity index (χ1v) is 15.4. The second-order valence-electron chi connectivity index (χ2n) is 13.3. The van der Waals surface area contributed by atoms with Gasteiger partial charge in [0.2, 0.25) is 0 Å². The molecule has 4 rings (SSSR count). The number of rotatable bonds is 2. The predicted molar refractivity (Wildman–Crippen MR) is 123 cm³/mol. The molecule has 0 amide bonds. The summed E-state index contributed by atoms with van der Waals surface area (Å²) in [6, 6.07) is 0. The number of hydrogen-bond donors (Lipinski definition) is 3. The van der Waals surface area contributed by atoms with Crippen molar-refractivity contribution in [2.45, 2.75) is 122 Å². The molecule has 4 saturated carbocycles. The van der Waals surface area contributed by atoms with Crippen molar-refractivity contribution in [2.75, 3.05) is 0 Å². The summed E-state index contributed by atoms with van der Waals surface area (Å²) in [5.41, 5.74) is 0.122. The average molecular weight is 439 g/mol. The van der Waals surface area contributed by atoms with Gasteiger partial charge in [0.15, 0.2) is 8.32 Å². The zero-order valence-corrected chi connectivity index (χ0v) is 21.3. The summed E-state index contributed by atoms with van der Waals surface area (Å²) >= 11 is 0. The molecule has 174 valence electrons. The Hall–Kier alpha value is 0.0569. The van der Waals surface area contributed by atoms with E-state index in [1.807, 2.05) is 0 Å². The SMILES string of the molecule is CC(C)(C)[Si](C)(C)O[C@H]1CCC2C3C(CC[C@@]21C)[C@@]1(C)CC[C@H](O)CC1[C@@H](O)[C@@H]3O. The van der Waals surface area contributed by atoms with Crippen LogP contribution in [0.3, 0.4) is 0 Å². The highest BCUT2D eigenvalue weighted by atomic mass is 28.4. The lowest BCUT2D eigenvalue weighted by molar-refractivity contribution is -0.224. The molecule has 0 heterocycles. The Bertz CT molecular complexity index is 660. The summed E-state index contributed by atoms with van der Waals surface area (Å²) in [6.45, 7) is 16.4. The van der Waals surface area contributed by atoms with Crippen LogP contribution in [0.25, 0.3) is 0 Å². The molecule has 4 aliphatic rings.